The molecule has 0 radical (unpaired) electrons. The summed E-state index contributed by atoms with van der Waals surface area (Å²) in [7, 11) is 0. The molecule has 25 heavy (non-hydrogen) atoms. The first-order chi connectivity index (χ1) is 12.1. The van der Waals surface area contributed by atoms with Gasteiger partial charge in [-0.2, -0.15) is 0 Å². The van der Waals surface area contributed by atoms with Crippen molar-refractivity contribution in [1.29, 1.82) is 0 Å². The summed E-state index contributed by atoms with van der Waals surface area (Å²) >= 11 is 6.24. The summed E-state index contributed by atoms with van der Waals surface area (Å²) in [5.41, 5.74) is 6.13. The minimum absolute atomic E-state index is 0.127. The number of aromatic nitrogens is 1. The number of nitrogens with two attached hydrogens (primary N) is 1. The quantitative estimate of drug-likeness (QED) is 0.655. The van der Waals surface area contributed by atoms with E-state index in [4.69, 9.17) is 26.8 Å². The zero-order valence-corrected chi connectivity index (χ0v) is 15.3. The molecule has 0 saturated heterocycles. The van der Waals surface area contributed by atoms with Crippen molar-refractivity contribution in [2.24, 2.45) is 5.73 Å². The van der Waals surface area contributed by atoms with Gasteiger partial charge in [0.05, 0.1) is 13.2 Å². The molecule has 1 heterocycles. The molecule has 0 unspecified atom stereocenters. The Balaban J connectivity index is 2.06. The first-order valence-electron chi connectivity index (χ1n) is 8.58. The molecule has 1 aromatic carbocycles. The molecule has 0 aliphatic carbocycles. The Bertz CT molecular complexity index is 731. The molecule has 2 aromatic rings. The Morgan fingerprint density at radius 3 is 2.56 bits per heavy atom. The van der Waals surface area contributed by atoms with Crippen molar-refractivity contribution in [3.8, 4) is 11.5 Å². The molecule has 0 bridgehead atoms. The predicted molar refractivity (Wildman–Crippen MR) is 101 cm³/mol. The van der Waals surface area contributed by atoms with E-state index >= 15 is 0 Å². The van der Waals surface area contributed by atoms with Gasteiger partial charge in [-0.05, 0) is 36.2 Å². The molecule has 0 spiro atoms. The lowest BCUT2D eigenvalue weighted by atomic mass is 10.2. The molecule has 2 rings (SSSR count). The molecule has 0 saturated carbocycles. The number of nitrogens with zero attached hydrogens (tertiary/aromatic N) is 1. The van der Waals surface area contributed by atoms with E-state index in [1.54, 1.807) is 29.0 Å². The van der Waals surface area contributed by atoms with E-state index < -0.39 is 0 Å². The molecule has 0 aliphatic heterocycles. The molecule has 0 amide bonds. The third-order valence-electron chi connectivity index (χ3n) is 3.73. The molecular formula is C19H25ClN2O3. The zero-order chi connectivity index (χ0) is 18.1. The van der Waals surface area contributed by atoms with Crippen LogP contribution < -0.4 is 20.8 Å². The van der Waals surface area contributed by atoms with Crippen LogP contribution in [-0.2, 0) is 6.54 Å². The van der Waals surface area contributed by atoms with Crippen molar-refractivity contribution in [1.82, 2.24) is 4.57 Å². The largest absolute Gasteiger partial charge is 0.493 e. The molecule has 5 nitrogen and oxygen atoms in total. The second kappa shape index (κ2) is 10.1. The predicted octanol–water partition coefficient (Wildman–Crippen LogP) is 3.46. The number of hydrogen-bond acceptors (Lipinski definition) is 4. The van der Waals surface area contributed by atoms with Gasteiger partial charge in [-0.25, -0.2) is 0 Å². The van der Waals surface area contributed by atoms with Gasteiger partial charge in [-0.15, -0.1) is 0 Å². The molecule has 0 atom stereocenters. The monoisotopic (exact) mass is 364 g/mol. The molecule has 0 fully saturated rings. The van der Waals surface area contributed by atoms with Crippen molar-refractivity contribution in [3.63, 3.8) is 0 Å². The first kappa shape index (κ1) is 19.3. The van der Waals surface area contributed by atoms with E-state index in [-0.39, 0.29) is 5.56 Å². The lowest BCUT2D eigenvalue weighted by molar-refractivity contribution is 0.305. The average molecular weight is 365 g/mol. The number of rotatable bonds is 10. The van der Waals surface area contributed by atoms with E-state index in [9.17, 15) is 4.79 Å². The number of unbranched alkanes of at least 4 members (excludes halogenated alkanes) is 2. The van der Waals surface area contributed by atoms with Crippen LogP contribution in [0.3, 0.4) is 0 Å². The van der Waals surface area contributed by atoms with Crippen molar-refractivity contribution in [2.75, 3.05) is 19.8 Å². The van der Waals surface area contributed by atoms with Gasteiger partial charge in [0.25, 0.3) is 5.56 Å². The Hall–Kier alpha value is -1.98. The van der Waals surface area contributed by atoms with Gasteiger partial charge in [-0.1, -0.05) is 31.4 Å². The van der Waals surface area contributed by atoms with Gasteiger partial charge in [0.15, 0.2) is 0 Å². The minimum Gasteiger partial charge on any atom is -0.493 e. The molecule has 0 aliphatic rings. The fraction of sp³-hybridized carbons (Fsp3) is 0.421. The molecule has 6 heteroatoms. The Morgan fingerprint density at radius 2 is 1.84 bits per heavy atom. The average Bonchev–Trinajstić information content (AvgIpc) is 2.61. The Labute approximate surface area is 153 Å². The van der Waals surface area contributed by atoms with Crippen LogP contribution >= 0.6 is 11.6 Å². The van der Waals surface area contributed by atoms with Gasteiger partial charge in [-0.3, -0.25) is 4.79 Å². The van der Waals surface area contributed by atoms with Crippen molar-refractivity contribution in [3.05, 3.63) is 57.5 Å². The van der Waals surface area contributed by atoms with Crippen molar-refractivity contribution < 1.29 is 9.47 Å². The number of pyridine rings is 1. The number of ether oxygens (including phenoxy) is 2. The summed E-state index contributed by atoms with van der Waals surface area (Å²) in [6.07, 6.45) is 4.98. The summed E-state index contributed by atoms with van der Waals surface area (Å²) in [6.45, 7) is 4.02. The minimum atomic E-state index is -0.127. The maximum absolute atomic E-state index is 12.3. The smallest absolute Gasteiger partial charge is 0.254 e. The molecule has 2 N–H and O–H groups in total. The van der Waals surface area contributed by atoms with E-state index in [0.717, 1.165) is 24.8 Å². The second-order valence-corrected chi connectivity index (χ2v) is 6.18. The topological polar surface area (TPSA) is 66.5 Å². The SMILES string of the molecule is CCCCCOc1ccn(Cc2cc(OCCN)ccc2Cl)c(=O)c1. The molecule has 1 aromatic heterocycles. The van der Waals surface area contributed by atoms with E-state index in [2.05, 4.69) is 6.92 Å². The molecular weight excluding hydrogens is 340 g/mol. The fourth-order valence-corrected chi connectivity index (χ4v) is 2.55. The Morgan fingerprint density at radius 1 is 1.08 bits per heavy atom. The van der Waals surface area contributed by atoms with Crippen LogP contribution in [0.5, 0.6) is 11.5 Å². The highest BCUT2D eigenvalue weighted by Gasteiger charge is 2.06. The summed E-state index contributed by atoms with van der Waals surface area (Å²) in [6, 6.07) is 8.70. The van der Waals surface area contributed by atoms with Crippen molar-refractivity contribution >= 4 is 11.6 Å². The number of halogens is 1. The summed E-state index contributed by atoms with van der Waals surface area (Å²) in [4.78, 5) is 12.3. The third-order valence-corrected chi connectivity index (χ3v) is 4.10. The standard InChI is InChI=1S/C19H25ClN2O3/c1-2-3-4-10-24-17-7-9-22(19(23)13-17)14-15-12-16(25-11-8-21)5-6-18(15)20/h5-7,9,12-13H,2-4,8,10-11,14,21H2,1H3. The van der Waals surface area contributed by atoms with Crippen LogP contribution in [0.4, 0.5) is 0 Å². The maximum Gasteiger partial charge on any atom is 0.254 e. The highest BCUT2D eigenvalue weighted by molar-refractivity contribution is 6.31. The third kappa shape index (κ3) is 6.11. The van der Waals surface area contributed by atoms with Crippen LogP contribution in [0, 0.1) is 0 Å². The van der Waals surface area contributed by atoms with Crippen LogP contribution in [-0.4, -0.2) is 24.3 Å². The van der Waals surface area contributed by atoms with Crippen molar-refractivity contribution in [2.45, 2.75) is 32.7 Å². The first-order valence-corrected chi connectivity index (χ1v) is 8.96. The highest BCUT2D eigenvalue weighted by atomic mass is 35.5. The normalized spacial score (nSPS) is 10.7. The van der Waals surface area contributed by atoms with E-state index in [0.29, 0.717) is 42.8 Å². The highest BCUT2D eigenvalue weighted by Crippen LogP contribution is 2.23. The van der Waals surface area contributed by atoms with E-state index in [1.165, 1.54) is 6.07 Å². The van der Waals surface area contributed by atoms with Gasteiger partial charge < -0.3 is 19.8 Å². The van der Waals surface area contributed by atoms with Crippen LogP contribution in [0.15, 0.2) is 41.3 Å². The maximum atomic E-state index is 12.3. The van der Waals surface area contributed by atoms with Gasteiger partial charge in [0.1, 0.15) is 18.1 Å². The van der Waals surface area contributed by atoms with Gasteiger partial charge in [0.2, 0.25) is 0 Å². The number of hydrogen-bond donors (Lipinski definition) is 1. The summed E-state index contributed by atoms with van der Waals surface area (Å²) in [5, 5.41) is 0.590. The van der Waals surface area contributed by atoms with Crippen LogP contribution in [0.2, 0.25) is 5.02 Å². The summed E-state index contributed by atoms with van der Waals surface area (Å²) < 4.78 is 12.7. The van der Waals surface area contributed by atoms with Crippen LogP contribution in [0.25, 0.3) is 0 Å². The summed E-state index contributed by atoms with van der Waals surface area (Å²) in [5.74, 6) is 1.29. The van der Waals surface area contributed by atoms with Crippen LogP contribution in [0.1, 0.15) is 31.7 Å². The lowest BCUT2D eigenvalue weighted by Gasteiger charge is -2.12. The second-order valence-electron chi connectivity index (χ2n) is 5.77. The number of benzene rings is 1. The lowest BCUT2D eigenvalue weighted by Crippen LogP contribution is -2.19. The Kier molecular flexibility index (Phi) is 7.82. The molecule has 136 valence electrons. The van der Waals surface area contributed by atoms with Gasteiger partial charge in [0, 0.05) is 23.8 Å². The van der Waals surface area contributed by atoms with Gasteiger partial charge >= 0.3 is 0 Å². The fourth-order valence-electron chi connectivity index (χ4n) is 2.37. The zero-order valence-electron chi connectivity index (χ0n) is 14.5. The van der Waals surface area contributed by atoms with E-state index in [1.807, 2.05) is 6.07 Å².